The van der Waals surface area contributed by atoms with Gasteiger partial charge in [-0.2, -0.15) is 0 Å². The summed E-state index contributed by atoms with van der Waals surface area (Å²) in [4.78, 5) is 23.9. The van der Waals surface area contributed by atoms with Crippen LogP contribution < -0.4 is 0 Å². The van der Waals surface area contributed by atoms with E-state index in [9.17, 15) is 0 Å². The van der Waals surface area contributed by atoms with E-state index in [1.54, 1.807) is 17.2 Å². The van der Waals surface area contributed by atoms with Crippen molar-refractivity contribution in [3.8, 4) is 33.8 Å². The molecule has 2 radical (unpaired) electrons. The summed E-state index contributed by atoms with van der Waals surface area (Å²) in [5, 5.41) is 0. The van der Waals surface area contributed by atoms with Gasteiger partial charge >= 0.3 is 0 Å². The molecule has 0 aliphatic heterocycles. The van der Waals surface area contributed by atoms with Crippen LogP contribution in [0.5, 0.6) is 0 Å². The third kappa shape index (κ3) is 4.97. The zero-order valence-corrected chi connectivity index (χ0v) is 21.0. The topological polar surface area (TPSA) is 70.6 Å². The first-order valence-electron chi connectivity index (χ1n) is 12.5. The number of aromatic nitrogens is 5. The maximum Gasteiger partial charge on any atom is 0.183 e. The number of pyridine rings is 1. The Balaban J connectivity index is 1.33. The van der Waals surface area contributed by atoms with Crippen molar-refractivity contribution >= 4 is 19.0 Å². The van der Waals surface area contributed by atoms with Crippen molar-refractivity contribution in [2.45, 2.75) is 20.0 Å². The first-order valence-corrected chi connectivity index (χ1v) is 12.5. The molecule has 0 saturated heterocycles. The first-order chi connectivity index (χ1) is 18.6. The SMILES string of the molecule is [B]N(Cc1nc(-c2ccc3nccnc3c2)c(-c2cccc(C)n2)[nH]1)Cc1ccccc1-c1ccccc1. The maximum absolute atomic E-state index is 6.56. The number of nitrogens with one attached hydrogen (secondary N) is 1. The summed E-state index contributed by atoms with van der Waals surface area (Å²) < 4.78 is 0. The smallest absolute Gasteiger partial charge is 0.183 e. The average molecular weight is 492 g/mol. The normalized spacial score (nSPS) is 11.3. The predicted molar refractivity (Wildman–Crippen MR) is 152 cm³/mol. The minimum absolute atomic E-state index is 0.440. The van der Waals surface area contributed by atoms with Crippen LogP contribution in [0.15, 0.2) is 103 Å². The third-order valence-electron chi connectivity index (χ3n) is 6.47. The zero-order chi connectivity index (χ0) is 25.9. The van der Waals surface area contributed by atoms with Gasteiger partial charge in [0.25, 0.3) is 0 Å². The molecule has 182 valence electrons. The summed E-state index contributed by atoms with van der Waals surface area (Å²) in [6.07, 6.45) is 3.40. The van der Waals surface area contributed by atoms with E-state index in [4.69, 9.17) is 17.9 Å². The number of nitrogens with zero attached hydrogens (tertiary/aromatic N) is 5. The molecule has 0 aliphatic carbocycles. The van der Waals surface area contributed by atoms with Crippen LogP contribution in [-0.4, -0.2) is 37.7 Å². The van der Waals surface area contributed by atoms with Crippen LogP contribution in [-0.2, 0) is 13.1 Å². The summed E-state index contributed by atoms with van der Waals surface area (Å²) in [6.45, 7) is 3.00. The Bertz CT molecular complexity index is 1710. The fraction of sp³-hybridized carbons (Fsp3) is 0.0968. The Morgan fingerprint density at radius 1 is 0.737 bits per heavy atom. The molecule has 0 aliphatic rings. The van der Waals surface area contributed by atoms with Crippen molar-refractivity contribution < 1.29 is 0 Å². The van der Waals surface area contributed by atoms with Gasteiger partial charge in [-0.25, -0.2) is 4.98 Å². The average Bonchev–Trinajstić information content (AvgIpc) is 3.37. The van der Waals surface area contributed by atoms with Crippen LogP contribution in [0.1, 0.15) is 17.1 Å². The number of aryl methyl sites for hydroxylation is 1. The van der Waals surface area contributed by atoms with Gasteiger partial charge in [0.15, 0.2) is 7.98 Å². The highest BCUT2D eigenvalue weighted by Crippen LogP contribution is 2.31. The third-order valence-corrected chi connectivity index (χ3v) is 6.47. The van der Waals surface area contributed by atoms with Crippen molar-refractivity contribution in [2.75, 3.05) is 0 Å². The fourth-order valence-corrected chi connectivity index (χ4v) is 4.71. The molecule has 0 atom stereocenters. The van der Waals surface area contributed by atoms with E-state index in [1.165, 1.54) is 11.1 Å². The molecule has 0 spiro atoms. The molecular weight excluding hydrogens is 467 g/mol. The predicted octanol–water partition coefficient (Wildman–Crippen LogP) is 6.14. The molecule has 0 saturated carbocycles. The Labute approximate surface area is 222 Å². The van der Waals surface area contributed by atoms with E-state index in [-0.39, 0.29) is 0 Å². The molecule has 38 heavy (non-hydrogen) atoms. The Hall–Kier alpha value is -4.62. The molecule has 3 heterocycles. The number of rotatable bonds is 7. The molecule has 0 bridgehead atoms. The van der Waals surface area contributed by atoms with Crippen LogP contribution >= 0.6 is 0 Å². The van der Waals surface area contributed by atoms with Gasteiger partial charge in [-0.1, -0.05) is 66.7 Å². The van der Waals surface area contributed by atoms with Crippen LogP contribution in [0.4, 0.5) is 0 Å². The molecule has 0 fully saturated rings. The second-order valence-corrected chi connectivity index (χ2v) is 9.26. The molecule has 6 aromatic rings. The summed E-state index contributed by atoms with van der Waals surface area (Å²) in [6, 6.07) is 30.7. The van der Waals surface area contributed by atoms with Gasteiger partial charge in [-0.05, 0) is 47.9 Å². The molecule has 3 aromatic heterocycles. The zero-order valence-electron chi connectivity index (χ0n) is 21.0. The second kappa shape index (κ2) is 10.4. The monoisotopic (exact) mass is 492 g/mol. The van der Waals surface area contributed by atoms with Gasteiger partial charge in [0.1, 0.15) is 5.82 Å². The van der Waals surface area contributed by atoms with Crippen molar-refractivity contribution in [1.29, 1.82) is 0 Å². The lowest BCUT2D eigenvalue weighted by Crippen LogP contribution is -2.20. The largest absolute Gasteiger partial charge is 0.344 e. The van der Waals surface area contributed by atoms with E-state index < -0.39 is 0 Å². The molecule has 7 heteroatoms. The standard InChI is InChI=1S/C31H25BN6/c1-21-8-7-13-27(35-21)31-30(23-14-15-26-28(18-23)34-17-16-33-26)36-29(37-31)20-38(32)19-24-11-5-6-12-25(24)22-9-3-2-4-10-22/h2-18H,19-20H2,1H3,(H,36,37). The summed E-state index contributed by atoms with van der Waals surface area (Å²) in [7, 11) is 6.56. The van der Waals surface area contributed by atoms with Gasteiger partial charge in [0.2, 0.25) is 0 Å². The number of H-pyrrole nitrogens is 1. The molecule has 6 nitrogen and oxygen atoms in total. The highest BCUT2D eigenvalue weighted by molar-refractivity contribution is 6.04. The molecule has 1 N–H and O–H groups in total. The number of hydrogen-bond acceptors (Lipinski definition) is 5. The molecule has 0 unspecified atom stereocenters. The lowest BCUT2D eigenvalue weighted by molar-refractivity contribution is 0.433. The second-order valence-electron chi connectivity index (χ2n) is 9.26. The number of hydrogen-bond donors (Lipinski definition) is 1. The lowest BCUT2D eigenvalue weighted by Gasteiger charge is -2.18. The maximum atomic E-state index is 6.56. The van der Waals surface area contributed by atoms with Crippen LogP contribution in [0.3, 0.4) is 0 Å². The highest BCUT2D eigenvalue weighted by atomic mass is 15.1. The van der Waals surface area contributed by atoms with Crippen molar-refractivity contribution in [2.24, 2.45) is 0 Å². The number of aromatic amines is 1. The van der Waals surface area contributed by atoms with Crippen molar-refractivity contribution in [1.82, 2.24) is 29.7 Å². The Morgan fingerprint density at radius 3 is 2.37 bits per heavy atom. The highest BCUT2D eigenvalue weighted by Gasteiger charge is 2.17. The molecule has 0 amide bonds. The van der Waals surface area contributed by atoms with E-state index >= 15 is 0 Å². The van der Waals surface area contributed by atoms with E-state index in [0.717, 1.165) is 50.8 Å². The minimum Gasteiger partial charge on any atom is -0.344 e. The molecular formula is C31H25BN6. The van der Waals surface area contributed by atoms with Gasteiger partial charge in [-0.3, -0.25) is 15.0 Å². The van der Waals surface area contributed by atoms with Crippen LogP contribution in [0.2, 0.25) is 0 Å². The molecule has 3 aromatic carbocycles. The Kier molecular flexibility index (Phi) is 6.50. The summed E-state index contributed by atoms with van der Waals surface area (Å²) >= 11 is 0. The summed E-state index contributed by atoms with van der Waals surface area (Å²) in [5.74, 6) is 0.761. The van der Waals surface area contributed by atoms with E-state index in [2.05, 4.69) is 57.4 Å². The van der Waals surface area contributed by atoms with E-state index in [1.807, 2.05) is 55.5 Å². The first kappa shape index (κ1) is 23.8. The quantitative estimate of drug-likeness (QED) is 0.271. The number of fused-ring (bicyclic) bond motifs is 1. The number of benzene rings is 3. The minimum atomic E-state index is 0.440. The summed E-state index contributed by atoms with van der Waals surface area (Å²) in [5.41, 5.74) is 9.52. The lowest BCUT2D eigenvalue weighted by atomic mass is 9.99. The van der Waals surface area contributed by atoms with Gasteiger partial charge in [0, 0.05) is 36.7 Å². The van der Waals surface area contributed by atoms with Gasteiger partial charge in [-0.15, -0.1) is 0 Å². The Morgan fingerprint density at radius 2 is 1.53 bits per heavy atom. The van der Waals surface area contributed by atoms with Crippen molar-refractivity contribution in [3.05, 3.63) is 120 Å². The van der Waals surface area contributed by atoms with Gasteiger partial charge in [0.05, 0.1) is 28.1 Å². The number of imidazole rings is 1. The fourth-order valence-electron chi connectivity index (χ4n) is 4.71. The van der Waals surface area contributed by atoms with Crippen LogP contribution in [0.25, 0.3) is 44.8 Å². The molecule has 6 rings (SSSR count). The van der Waals surface area contributed by atoms with Crippen LogP contribution in [0, 0.1) is 6.92 Å². The van der Waals surface area contributed by atoms with Gasteiger partial charge < -0.3 is 9.79 Å². The van der Waals surface area contributed by atoms with E-state index in [0.29, 0.717) is 13.1 Å². The van der Waals surface area contributed by atoms with Crippen molar-refractivity contribution in [3.63, 3.8) is 0 Å².